The van der Waals surface area contributed by atoms with Crippen LogP contribution in [0.5, 0.6) is 5.75 Å². The number of imide groups is 2. The largest absolute Gasteiger partial charge is 0.496 e. The summed E-state index contributed by atoms with van der Waals surface area (Å²) in [5.41, 5.74) is 0.938. The summed E-state index contributed by atoms with van der Waals surface area (Å²) in [6.07, 6.45) is 1.20. The van der Waals surface area contributed by atoms with Gasteiger partial charge < -0.3 is 9.15 Å². The quantitative estimate of drug-likeness (QED) is 0.222. The van der Waals surface area contributed by atoms with Gasteiger partial charge in [-0.2, -0.15) is 0 Å². The molecule has 0 radical (unpaired) electrons. The van der Waals surface area contributed by atoms with Gasteiger partial charge >= 0.3 is 6.03 Å². The van der Waals surface area contributed by atoms with Crippen molar-refractivity contribution in [2.24, 2.45) is 0 Å². The Balaban J connectivity index is 1.71. The number of amides is 4. The van der Waals surface area contributed by atoms with E-state index in [1.54, 1.807) is 25.1 Å². The Hall–Kier alpha value is -4.25. The third kappa shape index (κ3) is 4.20. The number of hydrogen-bond acceptors (Lipinski definition) is 7. The number of aryl methyl sites for hydroxylation is 1. The minimum atomic E-state index is -0.869. The highest BCUT2D eigenvalue weighted by Crippen LogP contribution is 2.35. The van der Waals surface area contributed by atoms with E-state index < -0.39 is 22.8 Å². The van der Waals surface area contributed by atoms with Gasteiger partial charge in [0, 0.05) is 16.6 Å². The summed E-state index contributed by atoms with van der Waals surface area (Å²) >= 11 is 3.37. The summed E-state index contributed by atoms with van der Waals surface area (Å²) < 4.78 is 11.8. The molecule has 0 atom stereocenters. The standard InChI is InChI=1S/C23H16BrN3O7/c1-12-9-13(3-6-18(12)24)26-22(29)17(21(28)25-23(26)30)11-15-5-8-20(34-15)16-10-14(27(31)32)4-7-19(16)33-2/h3-11H,1-2H3,(H,25,28,30)/b17-11+. The van der Waals surface area contributed by atoms with Crippen LogP contribution in [-0.2, 0) is 9.59 Å². The Morgan fingerprint density at radius 1 is 1.12 bits per heavy atom. The summed E-state index contributed by atoms with van der Waals surface area (Å²) in [4.78, 5) is 49.4. The van der Waals surface area contributed by atoms with E-state index in [0.717, 1.165) is 14.9 Å². The SMILES string of the molecule is COc1ccc([N+](=O)[O-])cc1-c1ccc(/C=C2\C(=O)NC(=O)N(c3ccc(Br)c(C)c3)C2=O)o1. The van der Waals surface area contributed by atoms with E-state index in [4.69, 9.17) is 9.15 Å². The second kappa shape index (κ2) is 8.94. The molecule has 0 unspecified atom stereocenters. The van der Waals surface area contributed by atoms with Gasteiger partial charge in [-0.1, -0.05) is 15.9 Å². The van der Waals surface area contributed by atoms with Gasteiger partial charge in [0.2, 0.25) is 0 Å². The highest BCUT2D eigenvalue weighted by Gasteiger charge is 2.37. The van der Waals surface area contributed by atoms with Crippen LogP contribution in [0.4, 0.5) is 16.2 Å². The fourth-order valence-electron chi connectivity index (χ4n) is 3.38. The predicted octanol–water partition coefficient (Wildman–Crippen LogP) is 4.60. The van der Waals surface area contributed by atoms with Crippen molar-refractivity contribution in [2.45, 2.75) is 6.92 Å². The molecule has 3 aromatic rings. The van der Waals surface area contributed by atoms with Gasteiger partial charge in [0.05, 0.1) is 23.3 Å². The minimum Gasteiger partial charge on any atom is -0.496 e. The average molecular weight is 526 g/mol. The van der Waals surface area contributed by atoms with E-state index in [0.29, 0.717) is 17.0 Å². The molecule has 1 aromatic heterocycles. The first-order valence-corrected chi connectivity index (χ1v) is 10.6. The Kier molecular flexibility index (Phi) is 6.03. The molecule has 172 valence electrons. The zero-order chi connectivity index (χ0) is 24.6. The number of halogens is 1. The summed E-state index contributed by atoms with van der Waals surface area (Å²) in [6.45, 7) is 1.80. The van der Waals surface area contributed by atoms with Gasteiger partial charge in [0.25, 0.3) is 17.5 Å². The van der Waals surface area contributed by atoms with Gasteiger partial charge in [-0.05, 0) is 55.0 Å². The topological polar surface area (TPSA) is 132 Å². The number of nitro groups is 1. The second-order valence-electron chi connectivity index (χ2n) is 7.24. The van der Waals surface area contributed by atoms with Crippen LogP contribution in [0.25, 0.3) is 17.4 Å². The normalized spacial score (nSPS) is 15.0. The molecule has 2 aromatic carbocycles. The lowest BCUT2D eigenvalue weighted by molar-refractivity contribution is -0.384. The number of rotatable bonds is 5. The van der Waals surface area contributed by atoms with Crippen LogP contribution in [0.15, 0.2) is 63.0 Å². The summed E-state index contributed by atoms with van der Waals surface area (Å²) in [6, 6.07) is 11.1. The number of furan rings is 1. The van der Waals surface area contributed by atoms with E-state index in [1.807, 2.05) is 0 Å². The maximum Gasteiger partial charge on any atom is 0.335 e. The minimum absolute atomic E-state index is 0.128. The zero-order valence-electron chi connectivity index (χ0n) is 17.8. The van der Waals surface area contributed by atoms with Gasteiger partial charge in [-0.25, -0.2) is 9.69 Å². The predicted molar refractivity (Wildman–Crippen MR) is 125 cm³/mol. The van der Waals surface area contributed by atoms with Crippen molar-refractivity contribution in [3.8, 4) is 17.1 Å². The van der Waals surface area contributed by atoms with Crippen LogP contribution in [0.2, 0.25) is 0 Å². The highest BCUT2D eigenvalue weighted by molar-refractivity contribution is 9.10. The number of non-ortho nitro benzene ring substituents is 1. The molecule has 0 saturated carbocycles. The fraction of sp³-hybridized carbons (Fsp3) is 0.0870. The lowest BCUT2D eigenvalue weighted by atomic mass is 10.1. The molecule has 4 rings (SSSR count). The number of methoxy groups -OCH3 is 1. The Bertz CT molecular complexity index is 1390. The monoisotopic (exact) mass is 525 g/mol. The number of nitro benzene ring substituents is 1. The maximum absolute atomic E-state index is 13.1. The number of carbonyl (C=O) groups excluding carboxylic acids is 3. The van der Waals surface area contributed by atoms with Crippen molar-refractivity contribution < 1.29 is 28.5 Å². The molecule has 0 aliphatic carbocycles. The van der Waals surface area contributed by atoms with Crippen molar-refractivity contribution in [3.05, 3.63) is 80.0 Å². The highest BCUT2D eigenvalue weighted by atomic mass is 79.9. The van der Waals surface area contributed by atoms with Crippen LogP contribution in [-0.4, -0.2) is 29.9 Å². The first-order valence-electron chi connectivity index (χ1n) is 9.80. The van der Waals surface area contributed by atoms with Crippen molar-refractivity contribution in [2.75, 3.05) is 12.0 Å². The Labute approximate surface area is 201 Å². The molecular weight excluding hydrogens is 510 g/mol. The Morgan fingerprint density at radius 2 is 1.88 bits per heavy atom. The number of hydrogen-bond donors (Lipinski definition) is 1. The number of barbiturate groups is 1. The second-order valence-corrected chi connectivity index (χ2v) is 8.09. The van der Waals surface area contributed by atoms with Crippen LogP contribution >= 0.6 is 15.9 Å². The maximum atomic E-state index is 13.1. The number of nitrogens with one attached hydrogen (secondary N) is 1. The molecule has 1 aliphatic heterocycles. The summed E-state index contributed by atoms with van der Waals surface area (Å²) in [7, 11) is 1.41. The van der Waals surface area contributed by atoms with E-state index in [-0.39, 0.29) is 22.8 Å². The molecule has 11 heteroatoms. The third-order valence-corrected chi connectivity index (χ3v) is 5.96. The molecule has 10 nitrogen and oxygen atoms in total. The van der Waals surface area contributed by atoms with E-state index in [1.165, 1.54) is 43.5 Å². The average Bonchev–Trinajstić information content (AvgIpc) is 3.27. The molecule has 1 saturated heterocycles. The lowest BCUT2D eigenvalue weighted by Crippen LogP contribution is -2.54. The van der Waals surface area contributed by atoms with Gasteiger partial charge in [0.15, 0.2) is 0 Å². The lowest BCUT2D eigenvalue weighted by Gasteiger charge is -2.26. The van der Waals surface area contributed by atoms with Crippen LogP contribution < -0.4 is 15.0 Å². The van der Waals surface area contributed by atoms with Gasteiger partial charge in [0.1, 0.15) is 22.8 Å². The van der Waals surface area contributed by atoms with E-state index in [2.05, 4.69) is 21.2 Å². The molecule has 0 spiro atoms. The first-order chi connectivity index (χ1) is 16.2. The fourth-order valence-corrected chi connectivity index (χ4v) is 3.63. The smallest absolute Gasteiger partial charge is 0.335 e. The van der Waals surface area contributed by atoms with Crippen LogP contribution in [0.3, 0.4) is 0 Å². The summed E-state index contributed by atoms with van der Waals surface area (Å²) in [5.74, 6) is -0.990. The molecule has 4 amide bonds. The molecular formula is C23H16BrN3O7. The number of benzene rings is 2. The number of nitrogens with zero attached hydrogens (tertiary/aromatic N) is 2. The van der Waals surface area contributed by atoms with Crippen molar-refractivity contribution in [3.63, 3.8) is 0 Å². The Morgan fingerprint density at radius 3 is 2.56 bits per heavy atom. The molecule has 34 heavy (non-hydrogen) atoms. The molecule has 2 heterocycles. The van der Waals surface area contributed by atoms with E-state index in [9.17, 15) is 24.5 Å². The van der Waals surface area contributed by atoms with Crippen LogP contribution in [0, 0.1) is 17.0 Å². The van der Waals surface area contributed by atoms with Crippen molar-refractivity contribution >= 4 is 51.2 Å². The number of ether oxygens (including phenoxy) is 1. The molecule has 1 fully saturated rings. The zero-order valence-corrected chi connectivity index (χ0v) is 19.4. The van der Waals surface area contributed by atoms with Crippen LogP contribution in [0.1, 0.15) is 11.3 Å². The van der Waals surface area contributed by atoms with Crippen molar-refractivity contribution in [1.29, 1.82) is 0 Å². The molecule has 1 aliphatic rings. The molecule has 1 N–H and O–H groups in total. The van der Waals surface area contributed by atoms with Gasteiger partial charge in [-0.3, -0.25) is 25.0 Å². The number of urea groups is 1. The number of carbonyl (C=O) groups is 3. The number of anilines is 1. The first kappa shape index (κ1) is 22.9. The van der Waals surface area contributed by atoms with Gasteiger partial charge in [-0.15, -0.1) is 0 Å². The van der Waals surface area contributed by atoms with Crippen molar-refractivity contribution in [1.82, 2.24) is 5.32 Å². The summed E-state index contributed by atoms with van der Waals surface area (Å²) in [5, 5.41) is 13.3. The third-order valence-electron chi connectivity index (χ3n) is 5.07. The molecule has 0 bridgehead atoms. The van der Waals surface area contributed by atoms with E-state index >= 15 is 0 Å².